The number of thioether (sulfide) groups is 1. The van der Waals surface area contributed by atoms with Gasteiger partial charge in [0.25, 0.3) is 5.91 Å². The summed E-state index contributed by atoms with van der Waals surface area (Å²) in [4.78, 5) is 11.4. The van der Waals surface area contributed by atoms with Crippen LogP contribution in [0.15, 0.2) is 12.1 Å². The van der Waals surface area contributed by atoms with Crippen LogP contribution in [0.25, 0.3) is 0 Å². The summed E-state index contributed by atoms with van der Waals surface area (Å²) < 4.78 is 0. The van der Waals surface area contributed by atoms with Crippen molar-refractivity contribution in [1.82, 2.24) is 0 Å². The monoisotopic (exact) mass is 315 g/mol. The minimum atomic E-state index is -0.526. The van der Waals surface area contributed by atoms with Gasteiger partial charge in [0, 0.05) is 12.2 Å². The number of unbranched alkanes of at least 4 members (excludes halogenated alkanes) is 3. The van der Waals surface area contributed by atoms with E-state index in [-0.39, 0.29) is 0 Å². The maximum absolute atomic E-state index is 11.4. The van der Waals surface area contributed by atoms with Crippen LogP contribution in [0.4, 0.5) is 11.4 Å². The molecule has 0 bridgehead atoms. The van der Waals surface area contributed by atoms with Gasteiger partial charge in [-0.05, 0) is 37.0 Å². The number of nitrogen functional groups attached to an aromatic ring is 1. The highest BCUT2D eigenvalue weighted by molar-refractivity contribution is 7.98. The SMILES string of the molecule is CSCCCCCCNc1c(Cl)cc(N)cc1C(N)=O. The summed E-state index contributed by atoms with van der Waals surface area (Å²) in [5.41, 5.74) is 12.4. The number of primary amides is 1. The minimum Gasteiger partial charge on any atom is -0.399 e. The van der Waals surface area contributed by atoms with Crippen LogP contribution in [0.1, 0.15) is 36.0 Å². The summed E-state index contributed by atoms with van der Waals surface area (Å²) in [6.45, 7) is 0.767. The maximum atomic E-state index is 11.4. The van der Waals surface area contributed by atoms with Crippen LogP contribution in [-0.2, 0) is 0 Å². The van der Waals surface area contributed by atoms with Crippen molar-refractivity contribution in [3.63, 3.8) is 0 Å². The van der Waals surface area contributed by atoms with E-state index >= 15 is 0 Å². The van der Waals surface area contributed by atoms with Gasteiger partial charge >= 0.3 is 0 Å². The first-order chi connectivity index (χ1) is 9.56. The van der Waals surface area contributed by atoms with Gasteiger partial charge in [-0.15, -0.1) is 0 Å². The lowest BCUT2D eigenvalue weighted by atomic mass is 10.1. The van der Waals surface area contributed by atoms with E-state index in [9.17, 15) is 4.79 Å². The highest BCUT2D eigenvalue weighted by atomic mass is 35.5. The fourth-order valence-electron chi connectivity index (χ4n) is 1.94. The average Bonchev–Trinajstić information content (AvgIpc) is 2.39. The number of hydrogen-bond donors (Lipinski definition) is 3. The van der Waals surface area contributed by atoms with E-state index in [4.69, 9.17) is 23.1 Å². The van der Waals surface area contributed by atoms with Gasteiger partial charge < -0.3 is 16.8 Å². The zero-order valence-electron chi connectivity index (χ0n) is 11.7. The largest absolute Gasteiger partial charge is 0.399 e. The Kier molecular flexibility index (Phi) is 7.62. The highest BCUT2D eigenvalue weighted by Gasteiger charge is 2.12. The number of halogens is 1. The third-order valence-electron chi connectivity index (χ3n) is 2.96. The Morgan fingerprint density at radius 1 is 1.30 bits per heavy atom. The maximum Gasteiger partial charge on any atom is 0.250 e. The van der Waals surface area contributed by atoms with Gasteiger partial charge in [0.2, 0.25) is 0 Å². The molecule has 0 aromatic heterocycles. The lowest BCUT2D eigenvalue weighted by molar-refractivity contribution is 0.100. The minimum absolute atomic E-state index is 0.345. The van der Waals surface area contributed by atoms with Crippen LogP contribution < -0.4 is 16.8 Å². The fourth-order valence-corrected chi connectivity index (χ4v) is 2.73. The second-order valence-electron chi connectivity index (χ2n) is 4.62. The second kappa shape index (κ2) is 8.97. The van der Waals surface area contributed by atoms with E-state index in [1.54, 1.807) is 12.1 Å². The van der Waals surface area contributed by atoms with Crippen molar-refractivity contribution in [1.29, 1.82) is 0 Å². The predicted octanol–water partition coefficient (Wildman–Crippen LogP) is 3.36. The number of nitrogens with two attached hydrogens (primary N) is 2. The van der Waals surface area contributed by atoms with Gasteiger partial charge in [-0.25, -0.2) is 0 Å². The molecular weight excluding hydrogens is 294 g/mol. The van der Waals surface area contributed by atoms with Crippen LogP contribution in [-0.4, -0.2) is 24.5 Å². The molecule has 1 amide bonds. The van der Waals surface area contributed by atoms with Gasteiger partial charge in [0.1, 0.15) is 0 Å². The van der Waals surface area contributed by atoms with Gasteiger partial charge in [0.15, 0.2) is 0 Å². The molecule has 0 fully saturated rings. The van der Waals surface area contributed by atoms with E-state index in [2.05, 4.69) is 11.6 Å². The number of amides is 1. The quantitative estimate of drug-likeness (QED) is 0.482. The molecule has 112 valence electrons. The molecule has 0 aliphatic heterocycles. The first kappa shape index (κ1) is 17.0. The van der Waals surface area contributed by atoms with E-state index in [0.717, 1.165) is 19.4 Å². The molecule has 5 N–H and O–H groups in total. The molecule has 6 heteroatoms. The van der Waals surface area contributed by atoms with Crippen molar-refractivity contribution in [3.8, 4) is 0 Å². The number of hydrogen-bond acceptors (Lipinski definition) is 4. The summed E-state index contributed by atoms with van der Waals surface area (Å²) in [5, 5.41) is 3.62. The van der Waals surface area contributed by atoms with E-state index in [1.807, 2.05) is 11.8 Å². The van der Waals surface area contributed by atoms with Gasteiger partial charge in [0.05, 0.1) is 16.3 Å². The van der Waals surface area contributed by atoms with E-state index in [0.29, 0.717) is 22.0 Å². The number of carbonyl (C=O) groups excluding carboxylic acids is 1. The molecule has 0 atom stereocenters. The molecule has 0 spiro atoms. The Morgan fingerprint density at radius 2 is 2.00 bits per heavy atom. The highest BCUT2D eigenvalue weighted by Crippen LogP contribution is 2.29. The molecule has 1 aromatic rings. The van der Waals surface area contributed by atoms with Crippen molar-refractivity contribution in [2.75, 3.05) is 29.6 Å². The zero-order chi connectivity index (χ0) is 15.0. The van der Waals surface area contributed by atoms with Crippen LogP contribution in [0.2, 0.25) is 5.02 Å². The summed E-state index contributed by atoms with van der Waals surface area (Å²) >= 11 is 7.98. The molecular formula is C14H22ClN3OS. The normalized spacial score (nSPS) is 10.5. The van der Waals surface area contributed by atoms with Crippen molar-refractivity contribution < 1.29 is 4.79 Å². The number of carbonyl (C=O) groups is 1. The molecule has 1 aromatic carbocycles. The van der Waals surface area contributed by atoms with Crippen LogP contribution in [0, 0.1) is 0 Å². The van der Waals surface area contributed by atoms with Crippen LogP contribution >= 0.6 is 23.4 Å². The number of anilines is 2. The Labute approximate surface area is 129 Å². The Hall–Kier alpha value is -1.07. The first-order valence-corrected chi connectivity index (χ1v) is 8.45. The molecule has 4 nitrogen and oxygen atoms in total. The summed E-state index contributed by atoms with van der Waals surface area (Å²) in [6.07, 6.45) is 6.78. The molecule has 0 aliphatic rings. The van der Waals surface area contributed by atoms with E-state index in [1.165, 1.54) is 18.6 Å². The predicted molar refractivity (Wildman–Crippen MR) is 89.7 cm³/mol. The van der Waals surface area contributed by atoms with Gasteiger partial charge in [-0.3, -0.25) is 4.79 Å². The Bertz CT molecular complexity index is 454. The van der Waals surface area contributed by atoms with E-state index < -0.39 is 5.91 Å². The average molecular weight is 316 g/mol. The second-order valence-corrected chi connectivity index (χ2v) is 6.02. The van der Waals surface area contributed by atoms with Crippen LogP contribution in [0.5, 0.6) is 0 Å². The number of nitrogens with one attached hydrogen (secondary N) is 1. The number of rotatable bonds is 9. The third-order valence-corrected chi connectivity index (χ3v) is 3.95. The molecule has 0 radical (unpaired) electrons. The van der Waals surface area contributed by atoms with Crippen molar-refractivity contribution in [2.24, 2.45) is 5.73 Å². The van der Waals surface area contributed by atoms with Gasteiger partial charge in [-0.2, -0.15) is 11.8 Å². The zero-order valence-corrected chi connectivity index (χ0v) is 13.3. The lowest BCUT2D eigenvalue weighted by Crippen LogP contribution is -2.16. The molecule has 0 saturated heterocycles. The summed E-state index contributed by atoms with van der Waals surface area (Å²) in [5.74, 6) is 0.685. The molecule has 0 unspecified atom stereocenters. The molecule has 0 heterocycles. The van der Waals surface area contributed by atoms with Crippen molar-refractivity contribution in [2.45, 2.75) is 25.7 Å². The molecule has 0 aliphatic carbocycles. The van der Waals surface area contributed by atoms with Crippen molar-refractivity contribution in [3.05, 3.63) is 22.7 Å². The van der Waals surface area contributed by atoms with Crippen LogP contribution in [0.3, 0.4) is 0 Å². The Morgan fingerprint density at radius 3 is 2.65 bits per heavy atom. The summed E-state index contributed by atoms with van der Waals surface area (Å²) in [6, 6.07) is 3.17. The number of benzene rings is 1. The lowest BCUT2D eigenvalue weighted by Gasteiger charge is -2.13. The Balaban J connectivity index is 2.49. The smallest absolute Gasteiger partial charge is 0.250 e. The molecule has 0 saturated carbocycles. The topological polar surface area (TPSA) is 81.1 Å². The fraction of sp³-hybridized carbons (Fsp3) is 0.500. The van der Waals surface area contributed by atoms with Crippen molar-refractivity contribution >= 4 is 40.6 Å². The summed E-state index contributed by atoms with van der Waals surface area (Å²) in [7, 11) is 0. The first-order valence-electron chi connectivity index (χ1n) is 6.68. The standard InChI is InChI=1S/C14H22ClN3OS/c1-20-7-5-3-2-4-6-18-13-11(14(17)19)8-10(16)9-12(13)15/h8-9,18H,2-7,16H2,1H3,(H2,17,19). The van der Waals surface area contributed by atoms with Gasteiger partial charge in [-0.1, -0.05) is 24.4 Å². The third kappa shape index (κ3) is 5.51. The molecule has 1 rings (SSSR count). The molecule has 20 heavy (non-hydrogen) atoms.